The summed E-state index contributed by atoms with van der Waals surface area (Å²) in [6.07, 6.45) is 2.50. The minimum absolute atomic E-state index is 0.140. The van der Waals surface area contributed by atoms with E-state index in [1.54, 1.807) is 20.3 Å². The molecule has 0 unspecified atom stereocenters. The molecule has 1 amide bonds. The molecule has 0 bridgehead atoms. The van der Waals surface area contributed by atoms with Gasteiger partial charge in [0, 0.05) is 51.0 Å². The number of hydrogen-bond donors (Lipinski definition) is 0. The molecule has 0 spiro atoms. The van der Waals surface area contributed by atoms with Crippen molar-refractivity contribution < 1.29 is 19.0 Å². The Kier molecular flexibility index (Phi) is 7.34. The number of amides is 1. The van der Waals surface area contributed by atoms with E-state index >= 15 is 0 Å². The smallest absolute Gasteiger partial charge is 0.222 e. The highest BCUT2D eigenvalue weighted by molar-refractivity contribution is 9.10. The van der Waals surface area contributed by atoms with Gasteiger partial charge in [-0.15, -0.1) is 0 Å². The van der Waals surface area contributed by atoms with Crippen LogP contribution in [0.1, 0.15) is 25.7 Å². The number of rotatable bonds is 7. The summed E-state index contributed by atoms with van der Waals surface area (Å²) < 4.78 is 17.4. The van der Waals surface area contributed by atoms with Crippen molar-refractivity contribution in [3.8, 4) is 5.75 Å². The number of likely N-dealkylation sites (tertiary alicyclic amines) is 1. The fourth-order valence-electron chi connectivity index (χ4n) is 2.74. The zero-order chi connectivity index (χ0) is 17.6. The van der Waals surface area contributed by atoms with Crippen molar-refractivity contribution in [1.29, 1.82) is 0 Å². The van der Waals surface area contributed by atoms with E-state index in [9.17, 15) is 4.79 Å². The molecule has 2 rings (SSSR count). The molecule has 0 saturated carbocycles. The predicted octanol–water partition coefficient (Wildman–Crippen LogP) is 3.87. The number of piperidine rings is 1. The summed E-state index contributed by atoms with van der Waals surface area (Å²) in [5.41, 5.74) is 0. The highest BCUT2D eigenvalue weighted by Gasteiger charge is 2.35. The van der Waals surface area contributed by atoms with Crippen LogP contribution >= 0.6 is 27.5 Å². The summed E-state index contributed by atoms with van der Waals surface area (Å²) in [5, 5.41) is 0.558. The van der Waals surface area contributed by atoms with E-state index in [0.717, 1.165) is 4.47 Å². The van der Waals surface area contributed by atoms with Gasteiger partial charge in [-0.2, -0.15) is 0 Å². The second kappa shape index (κ2) is 9.04. The van der Waals surface area contributed by atoms with Gasteiger partial charge < -0.3 is 19.1 Å². The molecule has 134 valence electrons. The average Bonchev–Trinajstić information content (AvgIpc) is 2.60. The number of carbonyl (C=O) groups is 1. The first kappa shape index (κ1) is 19.5. The Bertz CT molecular complexity index is 556. The van der Waals surface area contributed by atoms with Gasteiger partial charge in [-0.1, -0.05) is 27.5 Å². The molecule has 1 aromatic carbocycles. The average molecular weight is 421 g/mol. The van der Waals surface area contributed by atoms with Crippen LogP contribution in [0.3, 0.4) is 0 Å². The third-order valence-corrected chi connectivity index (χ3v) is 5.10. The molecule has 5 nitrogen and oxygen atoms in total. The molecule has 24 heavy (non-hydrogen) atoms. The van der Waals surface area contributed by atoms with Crippen LogP contribution in [0.15, 0.2) is 22.7 Å². The van der Waals surface area contributed by atoms with Gasteiger partial charge in [0.05, 0.1) is 11.6 Å². The summed E-state index contributed by atoms with van der Waals surface area (Å²) in [6, 6.07) is 5.47. The molecule has 1 aliphatic heterocycles. The molecule has 7 heteroatoms. The topological polar surface area (TPSA) is 48.0 Å². The summed E-state index contributed by atoms with van der Waals surface area (Å²) in [4.78, 5) is 14.1. The van der Waals surface area contributed by atoms with Gasteiger partial charge in [0.25, 0.3) is 0 Å². The Balaban J connectivity index is 1.70. The highest BCUT2D eigenvalue weighted by atomic mass is 79.9. The first-order valence-corrected chi connectivity index (χ1v) is 9.13. The van der Waals surface area contributed by atoms with E-state index in [0.29, 0.717) is 56.2 Å². The molecular weight excluding hydrogens is 398 g/mol. The fourth-order valence-corrected chi connectivity index (χ4v) is 3.47. The Hall–Kier alpha value is -0.820. The molecule has 1 saturated heterocycles. The number of nitrogens with zero attached hydrogens (tertiary/aromatic N) is 1. The third-order valence-electron chi connectivity index (χ3n) is 4.31. The summed E-state index contributed by atoms with van der Waals surface area (Å²) in [5.74, 6) is 0.231. The van der Waals surface area contributed by atoms with Gasteiger partial charge in [0.1, 0.15) is 5.75 Å². The first-order chi connectivity index (χ1) is 11.5. The standard InChI is InChI=1S/C17H23BrClNO4/c1-22-17(23-2)7-9-20(10-8-17)16(21)4-3-11-24-15-6-5-13(18)12-14(15)19/h5-6,12H,3-4,7-11H2,1-2H3. The zero-order valence-electron chi connectivity index (χ0n) is 14.0. The normalized spacial score (nSPS) is 16.9. The number of halogens is 2. The summed E-state index contributed by atoms with van der Waals surface area (Å²) in [7, 11) is 3.29. The maximum absolute atomic E-state index is 12.3. The first-order valence-electron chi connectivity index (χ1n) is 7.95. The maximum atomic E-state index is 12.3. The third kappa shape index (κ3) is 5.09. The van der Waals surface area contributed by atoms with Crippen LogP contribution in [0.5, 0.6) is 5.75 Å². The van der Waals surface area contributed by atoms with Gasteiger partial charge in [-0.05, 0) is 24.6 Å². The van der Waals surface area contributed by atoms with Gasteiger partial charge in [-0.25, -0.2) is 0 Å². The van der Waals surface area contributed by atoms with E-state index < -0.39 is 5.79 Å². The Labute approximate surface area is 156 Å². The van der Waals surface area contributed by atoms with Crippen LogP contribution in [0.2, 0.25) is 5.02 Å². The summed E-state index contributed by atoms with van der Waals surface area (Å²) in [6.45, 7) is 1.76. The minimum Gasteiger partial charge on any atom is -0.492 e. The van der Waals surface area contributed by atoms with Crippen LogP contribution in [-0.2, 0) is 14.3 Å². The lowest BCUT2D eigenvalue weighted by Gasteiger charge is -2.39. The lowest BCUT2D eigenvalue weighted by Crippen LogP contribution is -2.48. The lowest BCUT2D eigenvalue weighted by atomic mass is 10.0. The number of hydrogen-bond acceptors (Lipinski definition) is 4. The van der Waals surface area contributed by atoms with Crippen molar-refractivity contribution >= 4 is 33.4 Å². The summed E-state index contributed by atoms with van der Waals surface area (Å²) >= 11 is 9.44. The number of benzene rings is 1. The molecule has 0 aromatic heterocycles. The minimum atomic E-state index is -0.543. The van der Waals surface area contributed by atoms with Crippen LogP contribution in [0, 0.1) is 0 Å². The van der Waals surface area contributed by atoms with Crippen molar-refractivity contribution in [3.63, 3.8) is 0 Å². The zero-order valence-corrected chi connectivity index (χ0v) is 16.4. The van der Waals surface area contributed by atoms with Crippen LogP contribution in [0.4, 0.5) is 0 Å². The predicted molar refractivity (Wildman–Crippen MR) is 96.4 cm³/mol. The quantitative estimate of drug-likeness (QED) is 0.496. The second-order valence-electron chi connectivity index (χ2n) is 5.73. The van der Waals surface area contributed by atoms with Crippen LogP contribution in [0.25, 0.3) is 0 Å². The molecule has 1 aliphatic rings. The molecular formula is C17H23BrClNO4. The SMILES string of the molecule is COC1(OC)CCN(C(=O)CCCOc2ccc(Br)cc2Cl)CC1. The molecule has 1 aromatic rings. The highest BCUT2D eigenvalue weighted by Crippen LogP contribution is 2.28. The van der Waals surface area contributed by atoms with E-state index in [1.807, 2.05) is 17.0 Å². The molecule has 1 fully saturated rings. The van der Waals surface area contributed by atoms with Crippen molar-refractivity contribution in [2.24, 2.45) is 0 Å². The maximum Gasteiger partial charge on any atom is 0.222 e. The Morgan fingerprint density at radius 1 is 1.29 bits per heavy atom. The van der Waals surface area contributed by atoms with Crippen molar-refractivity contribution in [1.82, 2.24) is 4.90 Å². The van der Waals surface area contributed by atoms with Crippen LogP contribution < -0.4 is 4.74 Å². The molecule has 0 radical (unpaired) electrons. The van der Waals surface area contributed by atoms with Crippen molar-refractivity contribution in [3.05, 3.63) is 27.7 Å². The van der Waals surface area contributed by atoms with Crippen molar-refractivity contribution in [2.75, 3.05) is 33.9 Å². The van der Waals surface area contributed by atoms with Crippen molar-refractivity contribution in [2.45, 2.75) is 31.5 Å². The van der Waals surface area contributed by atoms with Gasteiger partial charge >= 0.3 is 0 Å². The van der Waals surface area contributed by atoms with E-state index in [2.05, 4.69) is 15.9 Å². The van der Waals surface area contributed by atoms with Crippen LogP contribution in [-0.4, -0.2) is 50.5 Å². The number of ether oxygens (including phenoxy) is 3. The Morgan fingerprint density at radius 3 is 2.54 bits per heavy atom. The number of methoxy groups -OCH3 is 2. The Morgan fingerprint density at radius 2 is 1.96 bits per heavy atom. The van der Waals surface area contributed by atoms with E-state index in [1.165, 1.54) is 0 Å². The van der Waals surface area contributed by atoms with Gasteiger partial charge in [-0.3, -0.25) is 4.79 Å². The van der Waals surface area contributed by atoms with Gasteiger partial charge in [0.2, 0.25) is 5.91 Å². The van der Waals surface area contributed by atoms with E-state index in [-0.39, 0.29) is 5.91 Å². The molecule has 0 N–H and O–H groups in total. The molecule has 0 aliphatic carbocycles. The molecule has 0 atom stereocenters. The number of carbonyl (C=O) groups excluding carboxylic acids is 1. The molecule has 1 heterocycles. The largest absolute Gasteiger partial charge is 0.492 e. The van der Waals surface area contributed by atoms with E-state index in [4.69, 9.17) is 25.8 Å². The second-order valence-corrected chi connectivity index (χ2v) is 7.05. The fraction of sp³-hybridized carbons (Fsp3) is 0.588. The monoisotopic (exact) mass is 419 g/mol. The lowest BCUT2D eigenvalue weighted by molar-refractivity contribution is -0.228. The van der Waals surface area contributed by atoms with Gasteiger partial charge in [0.15, 0.2) is 5.79 Å².